The van der Waals surface area contributed by atoms with Crippen molar-refractivity contribution in [1.29, 1.82) is 0 Å². The van der Waals surface area contributed by atoms with Gasteiger partial charge in [-0.3, -0.25) is 9.36 Å². The Morgan fingerprint density at radius 2 is 2.14 bits per heavy atom. The topological polar surface area (TPSA) is 72.7 Å². The summed E-state index contributed by atoms with van der Waals surface area (Å²) < 4.78 is 2.72. The Bertz CT molecular complexity index is 981. The number of aromatic amines is 1. The normalized spacial score (nSPS) is 14.6. The number of imidazole rings is 1. The lowest BCUT2D eigenvalue weighted by Crippen LogP contribution is -2.40. The molecule has 1 aromatic carbocycles. The first-order valence-electron chi connectivity index (χ1n) is 7.10. The number of H-pyrrole nitrogens is 1. The van der Waals surface area contributed by atoms with Crippen LogP contribution in [0.4, 0.5) is 0 Å². The molecule has 0 atom stereocenters. The van der Waals surface area contributed by atoms with E-state index in [-0.39, 0.29) is 11.2 Å². The van der Waals surface area contributed by atoms with Crippen LogP contribution in [0.25, 0.3) is 16.9 Å². The van der Waals surface area contributed by atoms with Gasteiger partial charge in [0, 0.05) is 11.6 Å². The Kier molecular flexibility index (Phi) is 2.94. The molecule has 0 bridgehead atoms. The molecule has 1 fully saturated rings. The number of nitrogens with zero attached hydrogens (tertiary/aromatic N) is 3. The van der Waals surface area contributed by atoms with Crippen LogP contribution in [0.15, 0.2) is 40.2 Å². The molecule has 112 valence electrons. The van der Waals surface area contributed by atoms with Crippen molar-refractivity contribution >= 4 is 22.8 Å². The van der Waals surface area contributed by atoms with E-state index < -0.39 is 0 Å². The number of hydrogen-bond acceptors (Lipinski definition) is 3. The molecule has 0 radical (unpaired) electrons. The smallest absolute Gasteiger partial charge is 0.337 e. The van der Waals surface area contributed by atoms with E-state index in [4.69, 9.17) is 11.6 Å². The predicted molar refractivity (Wildman–Crippen MR) is 83.7 cm³/mol. The summed E-state index contributed by atoms with van der Waals surface area (Å²) in [5.74, 6) is 0.415. The molecule has 2 heterocycles. The zero-order valence-corrected chi connectivity index (χ0v) is 12.4. The minimum Gasteiger partial charge on any atom is -0.339 e. The lowest BCUT2D eigenvalue weighted by Gasteiger charge is -2.11. The summed E-state index contributed by atoms with van der Waals surface area (Å²) >= 11 is 6.03. The van der Waals surface area contributed by atoms with Gasteiger partial charge in [0.15, 0.2) is 5.65 Å². The van der Waals surface area contributed by atoms with Gasteiger partial charge in [0.2, 0.25) is 0 Å². The van der Waals surface area contributed by atoms with E-state index in [0.29, 0.717) is 34.3 Å². The van der Waals surface area contributed by atoms with Crippen LogP contribution in [0.3, 0.4) is 0 Å². The Balaban J connectivity index is 2.06. The van der Waals surface area contributed by atoms with Crippen LogP contribution < -0.4 is 11.2 Å². The van der Waals surface area contributed by atoms with Crippen LogP contribution in [-0.2, 0) is 6.54 Å². The minimum atomic E-state index is -0.376. The van der Waals surface area contributed by atoms with E-state index in [0.717, 1.165) is 12.8 Å². The lowest BCUT2D eigenvalue weighted by molar-refractivity contribution is 0.569. The quantitative estimate of drug-likeness (QED) is 0.802. The van der Waals surface area contributed by atoms with E-state index in [1.54, 1.807) is 24.3 Å². The van der Waals surface area contributed by atoms with Gasteiger partial charge in [-0.2, -0.15) is 0 Å². The maximum Gasteiger partial charge on any atom is 0.337 e. The van der Waals surface area contributed by atoms with Crippen LogP contribution in [0.2, 0.25) is 5.02 Å². The van der Waals surface area contributed by atoms with Gasteiger partial charge in [-0.25, -0.2) is 14.3 Å². The van der Waals surface area contributed by atoms with Crippen molar-refractivity contribution in [3.63, 3.8) is 0 Å². The second-order valence-electron chi connectivity index (χ2n) is 5.56. The summed E-state index contributed by atoms with van der Waals surface area (Å²) in [5, 5.41) is 0.521. The van der Waals surface area contributed by atoms with Crippen LogP contribution >= 0.6 is 11.6 Å². The van der Waals surface area contributed by atoms with Gasteiger partial charge in [-0.1, -0.05) is 17.7 Å². The Labute approximate surface area is 130 Å². The summed E-state index contributed by atoms with van der Waals surface area (Å²) in [6.07, 6.45) is 3.54. The maximum atomic E-state index is 12.8. The molecule has 22 heavy (non-hydrogen) atoms. The summed E-state index contributed by atoms with van der Waals surface area (Å²) in [6.45, 7) is 0.452. The Morgan fingerprint density at radius 3 is 2.86 bits per heavy atom. The zero-order chi connectivity index (χ0) is 15.3. The Morgan fingerprint density at radius 1 is 1.32 bits per heavy atom. The van der Waals surface area contributed by atoms with Crippen LogP contribution in [0, 0.1) is 5.92 Å². The standard InChI is InChI=1S/C15H13ClN4O2/c16-10-2-1-3-11(6-10)20-13-12(17-8-18-13)14(21)19(15(20)22)7-9-4-5-9/h1-3,6,8-9H,4-5,7H2,(H,17,18). The van der Waals surface area contributed by atoms with Crippen molar-refractivity contribution in [2.75, 3.05) is 0 Å². The molecule has 0 amide bonds. The molecular formula is C15H13ClN4O2. The largest absolute Gasteiger partial charge is 0.339 e. The van der Waals surface area contributed by atoms with Crippen molar-refractivity contribution in [1.82, 2.24) is 19.1 Å². The predicted octanol–water partition coefficient (Wildman–Crippen LogP) is 1.94. The molecule has 2 aromatic heterocycles. The number of fused-ring (bicyclic) bond motifs is 1. The van der Waals surface area contributed by atoms with Crippen molar-refractivity contribution < 1.29 is 0 Å². The highest BCUT2D eigenvalue weighted by molar-refractivity contribution is 6.30. The number of aromatic nitrogens is 4. The fourth-order valence-electron chi connectivity index (χ4n) is 2.61. The highest BCUT2D eigenvalue weighted by atomic mass is 35.5. The average molecular weight is 317 g/mol. The van der Waals surface area contributed by atoms with Crippen molar-refractivity contribution in [3.05, 3.63) is 56.5 Å². The molecular weight excluding hydrogens is 304 g/mol. The third-order valence-corrected chi connectivity index (χ3v) is 4.15. The molecule has 0 saturated heterocycles. The lowest BCUT2D eigenvalue weighted by atomic mass is 10.3. The average Bonchev–Trinajstić information content (AvgIpc) is 3.19. The minimum absolute atomic E-state index is 0.317. The molecule has 1 saturated carbocycles. The van der Waals surface area contributed by atoms with Crippen molar-refractivity contribution in [3.8, 4) is 5.69 Å². The monoisotopic (exact) mass is 316 g/mol. The van der Waals surface area contributed by atoms with Gasteiger partial charge in [-0.15, -0.1) is 0 Å². The molecule has 0 spiro atoms. The van der Waals surface area contributed by atoms with Gasteiger partial charge in [-0.05, 0) is 37.0 Å². The first-order valence-corrected chi connectivity index (χ1v) is 7.48. The van der Waals surface area contributed by atoms with E-state index >= 15 is 0 Å². The molecule has 0 aliphatic heterocycles. The fraction of sp³-hybridized carbons (Fsp3) is 0.267. The first kappa shape index (κ1) is 13.3. The van der Waals surface area contributed by atoms with Crippen molar-refractivity contribution in [2.45, 2.75) is 19.4 Å². The van der Waals surface area contributed by atoms with Crippen molar-refractivity contribution in [2.24, 2.45) is 5.92 Å². The van der Waals surface area contributed by atoms with Gasteiger partial charge in [0.1, 0.15) is 5.52 Å². The highest BCUT2D eigenvalue weighted by Gasteiger charge is 2.25. The van der Waals surface area contributed by atoms with Gasteiger partial charge in [0.05, 0.1) is 12.0 Å². The molecule has 1 N–H and O–H groups in total. The molecule has 1 aliphatic carbocycles. The van der Waals surface area contributed by atoms with E-state index in [2.05, 4.69) is 9.97 Å². The molecule has 7 heteroatoms. The van der Waals surface area contributed by atoms with Crippen LogP contribution in [0.5, 0.6) is 0 Å². The maximum absolute atomic E-state index is 12.8. The molecule has 1 aliphatic rings. The van der Waals surface area contributed by atoms with Gasteiger partial charge >= 0.3 is 5.69 Å². The van der Waals surface area contributed by atoms with Gasteiger partial charge < -0.3 is 4.98 Å². The molecule has 3 aromatic rings. The summed E-state index contributed by atoms with van der Waals surface area (Å²) in [4.78, 5) is 32.3. The molecule has 4 rings (SSSR count). The van der Waals surface area contributed by atoms with E-state index in [9.17, 15) is 9.59 Å². The fourth-order valence-corrected chi connectivity index (χ4v) is 2.80. The SMILES string of the molecule is O=c1c2[nH]cnc2n(-c2cccc(Cl)c2)c(=O)n1CC1CC1. The Hall–Kier alpha value is -2.34. The van der Waals surface area contributed by atoms with Crippen LogP contribution in [-0.4, -0.2) is 19.1 Å². The number of hydrogen-bond donors (Lipinski definition) is 1. The highest BCUT2D eigenvalue weighted by Crippen LogP contribution is 2.29. The summed E-state index contributed by atoms with van der Waals surface area (Å²) in [6, 6.07) is 6.95. The van der Waals surface area contributed by atoms with E-state index in [1.807, 2.05) is 0 Å². The second-order valence-corrected chi connectivity index (χ2v) is 5.99. The van der Waals surface area contributed by atoms with Gasteiger partial charge in [0.25, 0.3) is 5.56 Å². The number of nitrogens with one attached hydrogen (secondary N) is 1. The summed E-state index contributed by atoms with van der Waals surface area (Å²) in [5.41, 5.74) is 0.560. The number of halogens is 1. The number of benzene rings is 1. The summed E-state index contributed by atoms with van der Waals surface area (Å²) in [7, 11) is 0. The third-order valence-electron chi connectivity index (χ3n) is 3.92. The zero-order valence-electron chi connectivity index (χ0n) is 11.6. The number of rotatable bonds is 3. The third kappa shape index (κ3) is 2.07. The van der Waals surface area contributed by atoms with Crippen LogP contribution in [0.1, 0.15) is 12.8 Å². The van der Waals surface area contributed by atoms with E-state index in [1.165, 1.54) is 15.5 Å². The first-order chi connectivity index (χ1) is 10.6. The molecule has 6 nitrogen and oxygen atoms in total. The molecule has 0 unspecified atom stereocenters. The second kappa shape index (κ2) is 4.84.